The van der Waals surface area contributed by atoms with E-state index in [4.69, 9.17) is 5.11 Å². The summed E-state index contributed by atoms with van der Waals surface area (Å²) in [6, 6.07) is 0.306. The van der Waals surface area contributed by atoms with Gasteiger partial charge in [-0.05, 0) is 43.9 Å². The van der Waals surface area contributed by atoms with Crippen LogP contribution in [0.2, 0.25) is 0 Å². The molecule has 2 saturated carbocycles. The third-order valence-corrected chi connectivity index (χ3v) is 5.70. The summed E-state index contributed by atoms with van der Waals surface area (Å²) in [5.41, 5.74) is 0.581. The number of rotatable bonds is 5. The minimum absolute atomic E-state index is 0.00119. The molecule has 1 amide bonds. The molecule has 1 spiro atoms. The summed E-state index contributed by atoms with van der Waals surface area (Å²) in [6.45, 7) is 0. The van der Waals surface area contributed by atoms with Crippen molar-refractivity contribution in [1.82, 2.24) is 5.32 Å². The summed E-state index contributed by atoms with van der Waals surface area (Å²) in [7, 11) is 0. The summed E-state index contributed by atoms with van der Waals surface area (Å²) < 4.78 is 0. The summed E-state index contributed by atoms with van der Waals surface area (Å²) in [5, 5.41) is 11.6. The van der Waals surface area contributed by atoms with Gasteiger partial charge in [0.2, 0.25) is 5.91 Å². The van der Waals surface area contributed by atoms with Crippen molar-refractivity contribution in [3.05, 3.63) is 0 Å². The third-order valence-electron chi connectivity index (χ3n) is 4.78. The van der Waals surface area contributed by atoms with Crippen LogP contribution in [-0.2, 0) is 9.59 Å². The van der Waals surface area contributed by atoms with Crippen molar-refractivity contribution < 1.29 is 14.7 Å². The Kier molecular flexibility index (Phi) is 5.75. The van der Waals surface area contributed by atoms with Crippen molar-refractivity contribution >= 4 is 23.6 Å². The summed E-state index contributed by atoms with van der Waals surface area (Å²) in [4.78, 5) is 22.1. The van der Waals surface area contributed by atoms with Crippen LogP contribution in [0.5, 0.6) is 0 Å². The van der Waals surface area contributed by atoms with Gasteiger partial charge in [0.1, 0.15) is 0 Å². The highest BCUT2D eigenvalue weighted by molar-refractivity contribution is 8.00. The summed E-state index contributed by atoms with van der Waals surface area (Å²) in [5.74, 6) is -0.615. The van der Waals surface area contributed by atoms with Crippen LogP contribution in [0.3, 0.4) is 0 Å². The van der Waals surface area contributed by atoms with Crippen molar-refractivity contribution in [1.29, 1.82) is 0 Å². The SMILES string of the molecule is O=C(O)CSCC(=O)NC1CCC2(CCCCC2)CC1. The van der Waals surface area contributed by atoms with Gasteiger partial charge in [-0.3, -0.25) is 9.59 Å². The van der Waals surface area contributed by atoms with Crippen molar-refractivity contribution in [2.45, 2.75) is 63.8 Å². The second-order valence-electron chi connectivity index (χ2n) is 6.29. The van der Waals surface area contributed by atoms with Crippen molar-refractivity contribution in [2.75, 3.05) is 11.5 Å². The number of nitrogens with one attached hydrogen (secondary N) is 1. The van der Waals surface area contributed by atoms with Gasteiger partial charge in [-0.25, -0.2) is 0 Å². The highest BCUT2D eigenvalue weighted by atomic mass is 32.2. The minimum Gasteiger partial charge on any atom is -0.481 e. The van der Waals surface area contributed by atoms with Crippen LogP contribution < -0.4 is 5.32 Å². The molecule has 0 aromatic carbocycles. The summed E-state index contributed by atoms with van der Waals surface area (Å²) >= 11 is 1.17. The zero-order chi connectivity index (χ0) is 14.4. The number of amides is 1. The number of thioether (sulfide) groups is 1. The van der Waals surface area contributed by atoms with E-state index in [2.05, 4.69) is 5.32 Å². The van der Waals surface area contributed by atoms with E-state index >= 15 is 0 Å². The number of hydrogen-bond acceptors (Lipinski definition) is 3. The van der Waals surface area contributed by atoms with Gasteiger partial charge in [0.05, 0.1) is 11.5 Å². The Morgan fingerprint density at radius 2 is 1.70 bits per heavy atom. The maximum absolute atomic E-state index is 11.7. The molecule has 4 nitrogen and oxygen atoms in total. The Hall–Kier alpha value is -0.710. The molecule has 0 bridgehead atoms. The van der Waals surface area contributed by atoms with Crippen LogP contribution >= 0.6 is 11.8 Å². The highest BCUT2D eigenvalue weighted by Crippen LogP contribution is 2.47. The van der Waals surface area contributed by atoms with Crippen molar-refractivity contribution in [2.24, 2.45) is 5.41 Å². The van der Waals surface area contributed by atoms with Gasteiger partial charge in [-0.2, -0.15) is 0 Å². The lowest BCUT2D eigenvalue weighted by Crippen LogP contribution is -2.42. The van der Waals surface area contributed by atoms with Crippen molar-refractivity contribution in [3.63, 3.8) is 0 Å². The first kappa shape index (κ1) is 15.7. The molecule has 2 rings (SSSR count). The molecule has 114 valence electrons. The first-order valence-electron chi connectivity index (χ1n) is 7.69. The third kappa shape index (κ3) is 4.69. The second-order valence-corrected chi connectivity index (χ2v) is 7.27. The van der Waals surface area contributed by atoms with Crippen LogP contribution in [0.1, 0.15) is 57.8 Å². The van der Waals surface area contributed by atoms with Gasteiger partial charge in [-0.15, -0.1) is 11.8 Å². The molecule has 2 aliphatic rings. The predicted octanol–water partition coefficient (Wildman–Crippen LogP) is 2.81. The number of carboxylic acid groups (broad SMARTS) is 1. The van der Waals surface area contributed by atoms with E-state index in [1.165, 1.54) is 56.7 Å². The second kappa shape index (κ2) is 7.34. The van der Waals surface area contributed by atoms with E-state index < -0.39 is 5.97 Å². The number of hydrogen-bond donors (Lipinski definition) is 2. The molecule has 0 aromatic heterocycles. The predicted molar refractivity (Wildman–Crippen MR) is 80.9 cm³/mol. The normalized spacial score (nSPS) is 22.6. The lowest BCUT2D eigenvalue weighted by atomic mass is 9.64. The molecular weight excluding hydrogens is 274 g/mol. The Labute approximate surface area is 125 Å². The molecule has 0 aliphatic heterocycles. The van der Waals surface area contributed by atoms with Crippen LogP contribution in [0.15, 0.2) is 0 Å². The maximum atomic E-state index is 11.7. The number of carboxylic acids is 1. The Morgan fingerprint density at radius 1 is 1.05 bits per heavy atom. The Balaban J connectivity index is 1.66. The van der Waals surface area contributed by atoms with Gasteiger partial charge in [-0.1, -0.05) is 19.3 Å². The van der Waals surface area contributed by atoms with E-state index in [9.17, 15) is 9.59 Å². The molecule has 5 heteroatoms. The highest BCUT2D eigenvalue weighted by Gasteiger charge is 2.36. The van der Waals surface area contributed by atoms with Gasteiger partial charge in [0.25, 0.3) is 0 Å². The average Bonchev–Trinajstić information content (AvgIpc) is 2.42. The van der Waals surface area contributed by atoms with E-state index in [1.54, 1.807) is 0 Å². The maximum Gasteiger partial charge on any atom is 0.313 e. The zero-order valence-electron chi connectivity index (χ0n) is 12.0. The van der Waals surface area contributed by atoms with Crippen LogP contribution in [0.25, 0.3) is 0 Å². The molecule has 0 radical (unpaired) electrons. The Morgan fingerprint density at radius 3 is 2.30 bits per heavy atom. The van der Waals surface area contributed by atoms with Gasteiger partial charge in [0, 0.05) is 6.04 Å². The molecule has 2 fully saturated rings. The number of carbonyl (C=O) groups is 2. The smallest absolute Gasteiger partial charge is 0.313 e. The van der Waals surface area contributed by atoms with E-state index in [1.807, 2.05) is 0 Å². The molecule has 0 heterocycles. The lowest BCUT2D eigenvalue weighted by molar-refractivity contribution is -0.133. The van der Waals surface area contributed by atoms with Gasteiger partial charge < -0.3 is 10.4 Å². The van der Waals surface area contributed by atoms with E-state index in [0.29, 0.717) is 11.5 Å². The minimum atomic E-state index is -0.861. The fourth-order valence-corrected chi connectivity index (χ4v) is 4.22. The topological polar surface area (TPSA) is 66.4 Å². The molecule has 0 aromatic rings. The largest absolute Gasteiger partial charge is 0.481 e. The van der Waals surface area contributed by atoms with E-state index in [0.717, 1.165) is 12.8 Å². The molecular formula is C15H25NO3S. The number of carbonyl (C=O) groups excluding carboxylic acids is 1. The monoisotopic (exact) mass is 299 g/mol. The van der Waals surface area contributed by atoms with Crippen LogP contribution in [0.4, 0.5) is 0 Å². The number of aliphatic carboxylic acids is 1. The first-order chi connectivity index (χ1) is 9.60. The molecule has 2 aliphatic carbocycles. The quantitative estimate of drug-likeness (QED) is 0.819. The lowest BCUT2D eigenvalue weighted by Gasteiger charge is -2.43. The fourth-order valence-electron chi connectivity index (χ4n) is 3.68. The standard InChI is InChI=1S/C15H25NO3S/c17-13(10-20-11-14(18)19)16-12-4-8-15(9-5-12)6-2-1-3-7-15/h12H,1-11H2,(H,16,17)(H,18,19). The van der Waals surface area contributed by atoms with Gasteiger partial charge in [0.15, 0.2) is 0 Å². The van der Waals surface area contributed by atoms with Crippen LogP contribution in [0, 0.1) is 5.41 Å². The average molecular weight is 299 g/mol. The summed E-state index contributed by atoms with van der Waals surface area (Å²) in [6.07, 6.45) is 11.6. The fraction of sp³-hybridized carbons (Fsp3) is 0.867. The van der Waals surface area contributed by atoms with Crippen LogP contribution in [-0.4, -0.2) is 34.5 Å². The molecule has 0 unspecified atom stereocenters. The van der Waals surface area contributed by atoms with Crippen molar-refractivity contribution in [3.8, 4) is 0 Å². The van der Waals surface area contributed by atoms with E-state index in [-0.39, 0.29) is 17.4 Å². The zero-order valence-corrected chi connectivity index (χ0v) is 12.8. The molecule has 0 atom stereocenters. The molecule has 2 N–H and O–H groups in total. The first-order valence-corrected chi connectivity index (χ1v) is 8.84. The van der Waals surface area contributed by atoms with Gasteiger partial charge >= 0.3 is 5.97 Å². The molecule has 20 heavy (non-hydrogen) atoms. The Bertz CT molecular complexity index is 343. The molecule has 0 saturated heterocycles.